The molecule has 1 N–H and O–H groups in total. The van der Waals surface area contributed by atoms with Gasteiger partial charge in [-0.1, -0.05) is 30.9 Å². The Morgan fingerprint density at radius 1 is 1.22 bits per heavy atom. The van der Waals surface area contributed by atoms with E-state index in [0.717, 1.165) is 11.3 Å². The van der Waals surface area contributed by atoms with E-state index in [1.54, 1.807) is 0 Å². The first-order chi connectivity index (χ1) is 8.62. The van der Waals surface area contributed by atoms with Crippen LogP contribution in [-0.4, -0.2) is 21.1 Å². The van der Waals surface area contributed by atoms with Crippen molar-refractivity contribution >= 4 is 11.3 Å². The Hall–Kier alpha value is -1.96. The molecule has 2 nitrogen and oxygen atoms in total. The van der Waals surface area contributed by atoms with Crippen LogP contribution >= 0.6 is 0 Å². The minimum atomic E-state index is 1.08. The third-order valence-electron chi connectivity index (χ3n) is 2.85. The van der Waals surface area contributed by atoms with Crippen LogP contribution in [0.1, 0.15) is 12.5 Å². The third kappa shape index (κ3) is 3.52. The Morgan fingerprint density at radius 2 is 1.83 bits per heavy atom. The topological polar surface area (TPSA) is 15.3 Å². The van der Waals surface area contributed by atoms with Crippen LogP contribution in [0.4, 0.5) is 5.69 Å². The average molecular weight is 242 g/mol. The summed E-state index contributed by atoms with van der Waals surface area (Å²) in [7, 11) is 6.00. The molecule has 18 heavy (non-hydrogen) atoms. The number of anilines is 1. The Morgan fingerprint density at radius 3 is 2.22 bits per heavy atom. The fourth-order valence-electron chi connectivity index (χ4n) is 1.68. The maximum atomic E-state index is 3.88. The van der Waals surface area contributed by atoms with Crippen molar-refractivity contribution in [3.8, 4) is 0 Å². The third-order valence-corrected chi connectivity index (χ3v) is 2.85. The fourth-order valence-corrected chi connectivity index (χ4v) is 1.68. The minimum Gasteiger partial charge on any atom is -0.388 e. The van der Waals surface area contributed by atoms with Crippen molar-refractivity contribution in [3.05, 3.63) is 60.3 Å². The maximum absolute atomic E-state index is 3.88. The van der Waals surface area contributed by atoms with Crippen LogP contribution in [0, 0.1) is 0 Å². The molecule has 0 unspecified atom stereocenters. The quantitative estimate of drug-likeness (QED) is 0.796. The lowest BCUT2D eigenvalue weighted by atomic mass is 10.0. The van der Waals surface area contributed by atoms with Gasteiger partial charge < -0.3 is 10.2 Å². The molecule has 0 aliphatic rings. The highest BCUT2D eigenvalue weighted by Gasteiger charge is 2.00. The van der Waals surface area contributed by atoms with Crippen LogP contribution in [0.5, 0.6) is 0 Å². The molecule has 0 radical (unpaired) electrons. The van der Waals surface area contributed by atoms with Gasteiger partial charge in [-0.05, 0) is 36.3 Å². The number of nitrogens with zero attached hydrogens (tertiary/aromatic N) is 1. The summed E-state index contributed by atoms with van der Waals surface area (Å²) in [5.74, 6) is 0. The minimum absolute atomic E-state index is 1.08. The van der Waals surface area contributed by atoms with Crippen molar-refractivity contribution in [3.63, 3.8) is 0 Å². The number of allylic oxidation sites excluding steroid dienone is 4. The highest BCUT2D eigenvalue weighted by molar-refractivity contribution is 5.76. The van der Waals surface area contributed by atoms with Gasteiger partial charge in [0.15, 0.2) is 0 Å². The zero-order valence-corrected chi connectivity index (χ0v) is 11.7. The second-order valence-corrected chi connectivity index (χ2v) is 4.24. The van der Waals surface area contributed by atoms with Crippen LogP contribution in [0.15, 0.2) is 54.8 Å². The van der Waals surface area contributed by atoms with Gasteiger partial charge in [0.05, 0.1) is 0 Å². The van der Waals surface area contributed by atoms with Crippen molar-refractivity contribution in [1.82, 2.24) is 5.32 Å². The van der Waals surface area contributed by atoms with E-state index in [0.29, 0.717) is 0 Å². The smallest absolute Gasteiger partial charge is 0.0361 e. The number of hydrogen-bond acceptors (Lipinski definition) is 2. The molecule has 0 aromatic heterocycles. The number of benzene rings is 1. The normalized spacial score (nSPS) is 12.2. The Bertz CT molecular complexity index is 450. The molecule has 0 heterocycles. The summed E-state index contributed by atoms with van der Waals surface area (Å²) in [5.41, 5.74) is 4.57. The molecule has 96 valence electrons. The maximum Gasteiger partial charge on any atom is 0.0361 e. The second-order valence-electron chi connectivity index (χ2n) is 4.24. The molecule has 0 aliphatic carbocycles. The van der Waals surface area contributed by atoms with Crippen molar-refractivity contribution in [2.75, 3.05) is 26.0 Å². The van der Waals surface area contributed by atoms with Crippen LogP contribution < -0.4 is 10.2 Å². The zero-order valence-electron chi connectivity index (χ0n) is 11.7. The molecule has 0 amide bonds. The number of likely N-dealkylation sites (N-methyl/N-ethyl adjacent to an activating group) is 1. The summed E-state index contributed by atoms with van der Waals surface area (Å²) < 4.78 is 0. The van der Waals surface area contributed by atoms with Gasteiger partial charge in [0.1, 0.15) is 0 Å². The first-order valence-electron chi connectivity index (χ1n) is 6.08. The van der Waals surface area contributed by atoms with Gasteiger partial charge in [0, 0.05) is 32.5 Å². The van der Waals surface area contributed by atoms with E-state index in [2.05, 4.69) is 47.1 Å². The van der Waals surface area contributed by atoms with E-state index in [1.807, 2.05) is 40.2 Å². The van der Waals surface area contributed by atoms with Gasteiger partial charge in [-0.25, -0.2) is 0 Å². The first-order valence-corrected chi connectivity index (χ1v) is 6.08. The Kier molecular flexibility index (Phi) is 5.25. The zero-order chi connectivity index (χ0) is 13.5. The summed E-state index contributed by atoms with van der Waals surface area (Å²) in [6.07, 6.45) is 6.01. The van der Waals surface area contributed by atoms with Gasteiger partial charge in [-0.3, -0.25) is 0 Å². The molecule has 0 saturated carbocycles. The molecule has 0 spiro atoms. The summed E-state index contributed by atoms with van der Waals surface area (Å²) in [4.78, 5) is 2.09. The standard InChI is InChI=1S/C16H22N2/c1-6-13(12-15(7-2)17-3)14-8-10-16(11-9-14)18(4)5/h6-12,17H,1H2,2-5H3/b13-12+,15-7+. The monoisotopic (exact) mass is 242 g/mol. The second kappa shape index (κ2) is 6.70. The van der Waals surface area contributed by atoms with Gasteiger partial charge in [0.25, 0.3) is 0 Å². The highest BCUT2D eigenvalue weighted by atomic mass is 15.1. The lowest BCUT2D eigenvalue weighted by molar-refractivity contribution is 1.03. The summed E-state index contributed by atoms with van der Waals surface area (Å²) in [6, 6.07) is 8.46. The van der Waals surface area contributed by atoms with Crippen LogP contribution in [0.25, 0.3) is 5.57 Å². The fraction of sp³-hybridized carbons (Fsp3) is 0.250. The van der Waals surface area contributed by atoms with E-state index in [-0.39, 0.29) is 0 Å². The lowest BCUT2D eigenvalue weighted by Gasteiger charge is -2.13. The molecule has 0 atom stereocenters. The molecule has 1 aromatic carbocycles. The van der Waals surface area contributed by atoms with E-state index < -0.39 is 0 Å². The predicted molar refractivity (Wildman–Crippen MR) is 81.8 cm³/mol. The largest absolute Gasteiger partial charge is 0.388 e. The van der Waals surface area contributed by atoms with Crippen LogP contribution in [0.3, 0.4) is 0 Å². The van der Waals surface area contributed by atoms with Crippen LogP contribution in [-0.2, 0) is 0 Å². The molecule has 2 heteroatoms. The molecule has 0 bridgehead atoms. The van der Waals surface area contributed by atoms with Gasteiger partial charge in [-0.15, -0.1) is 0 Å². The number of hydrogen-bond donors (Lipinski definition) is 1. The molecule has 0 fully saturated rings. The van der Waals surface area contributed by atoms with Crippen LogP contribution in [0.2, 0.25) is 0 Å². The van der Waals surface area contributed by atoms with E-state index >= 15 is 0 Å². The molecule has 0 saturated heterocycles. The van der Waals surface area contributed by atoms with Gasteiger partial charge >= 0.3 is 0 Å². The molecular weight excluding hydrogens is 220 g/mol. The van der Waals surface area contributed by atoms with E-state index in [1.165, 1.54) is 11.3 Å². The number of rotatable bonds is 5. The predicted octanol–water partition coefficient (Wildman–Crippen LogP) is 3.45. The summed E-state index contributed by atoms with van der Waals surface area (Å²) in [6.45, 7) is 5.89. The van der Waals surface area contributed by atoms with Crippen molar-refractivity contribution < 1.29 is 0 Å². The molecular formula is C16H22N2. The number of nitrogens with one attached hydrogen (secondary N) is 1. The average Bonchev–Trinajstić information content (AvgIpc) is 2.40. The lowest BCUT2D eigenvalue weighted by Crippen LogP contribution is -2.08. The van der Waals surface area contributed by atoms with Gasteiger partial charge in [0.2, 0.25) is 0 Å². The summed E-state index contributed by atoms with van der Waals surface area (Å²) >= 11 is 0. The Labute approximate surface area is 110 Å². The molecule has 0 aliphatic heterocycles. The SMILES string of the molecule is C=C/C(=C\C(=C/C)NC)c1ccc(N(C)C)cc1. The first kappa shape index (κ1) is 14.1. The summed E-state index contributed by atoms with van der Waals surface area (Å²) in [5, 5.41) is 3.14. The molecule has 1 rings (SSSR count). The Balaban J connectivity index is 3.06. The molecule has 1 aromatic rings. The van der Waals surface area contributed by atoms with Gasteiger partial charge in [-0.2, -0.15) is 0 Å². The van der Waals surface area contributed by atoms with E-state index in [4.69, 9.17) is 0 Å². The van der Waals surface area contributed by atoms with E-state index in [9.17, 15) is 0 Å². The van der Waals surface area contributed by atoms with Crippen molar-refractivity contribution in [1.29, 1.82) is 0 Å². The highest BCUT2D eigenvalue weighted by Crippen LogP contribution is 2.20. The van der Waals surface area contributed by atoms with Crippen molar-refractivity contribution in [2.24, 2.45) is 0 Å². The van der Waals surface area contributed by atoms with Crippen molar-refractivity contribution in [2.45, 2.75) is 6.92 Å².